The van der Waals surface area contributed by atoms with Gasteiger partial charge in [0.1, 0.15) is 5.82 Å². The number of imidazole rings is 1. The van der Waals surface area contributed by atoms with Gasteiger partial charge in [0.15, 0.2) is 0 Å². The van der Waals surface area contributed by atoms with Crippen molar-refractivity contribution < 1.29 is 4.79 Å². The van der Waals surface area contributed by atoms with Crippen molar-refractivity contribution in [2.75, 3.05) is 0 Å². The fraction of sp³-hybridized carbons (Fsp3) is 0.500. The third kappa shape index (κ3) is 2.90. The van der Waals surface area contributed by atoms with Crippen LogP contribution in [-0.4, -0.2) is 26.5 Å². The Morgan fingerprint density at radius 1 is 1.50 bits per heavy atom. The molecule has 1 aliphatic rings. The van der Waals surface area contributed by atoms with E-state index in [2.05, 4.69) is 26.0 Å². The first kappa shape index (κ1) is 13.3. The van der Waals surface area contributed by atoms with E-state index in [9.17, 15) is 4.79 Å². The number of nitrogens with zero attached hydrogens (tertiary/aromatic N) is 3. The van der Waals surface area contributed by atoms with E-state index >= 15 is 0 Å². The lowest BCUT2D eigenvalue weighted by Gasteiger charge is -2.24. The van der Waals surface area contributed by atoms with Gasteiger partial charge in [0.2, 0.25) is 5.91 Å². The van der Waals surface area contributed by atoms with Crippen LogP contribution in [0.1, 0.15) is 28.6 Å². The van der Waals surface area contributed by atoms with Gasteiger partial charge in [0, 0.05) is 30.6 Å². The molecule has 106 valence electrons. The lowest BCUT2D eigenvalue weighted by Crippen LogP contribution is -2.41. The van der Waals surface area contributed by atoms with Crippen LogP contribution >= 0.6 is 11.3 Å². The Labute approximate surface area is 122 Å². The van der Waals surface area contributed by atoms with Gasteiger partial charge in [-0.1, -0.05) is 0 Å². The van der Waals surface area contributed by atoms with E-state index in [1.54, 1.807) is 11.3 Å². The number of fused-ring (bicyclic) bond motifs is 1. The molecule has 1 atom stereocenters. The summed E-state index contributed by atoms with van der Waals surface area (Å²) in [4.78, 5) is 20.8. The van der Waals surface area contributed by atoms with Gasteiger partial charge in [-0.05, 0) is 20.3 Å². The molecule has 20 heavy (non-hydrogen) atoms. The smallest absolute Gasteiger partial charge is 0.226 e. The van der Waals surface area contributed by atoms with Crippen molar-refractivity contribution in [3.63, 3.8) is 0 Å². The highest BCUT2D eigenvalue weighted by atomic mass is 32.1. The standard InChI is InChI=1S/C14H18N4OS/c1-9-6-18-7-11(3-4-13(18)15-9)17-14(19)5-12-8-20-10(2)16-12/h6,8,11H,3-5,7H2,1-2H3,(H,17,19)/t11-/m1/s1. The Morgan fingerprint density at radius 3 is 3.10 bits per heavy atom. The molecule has 1 N–H and O–H groups in total. The first-order valence-electron chi connectivity index (χ1n) is 6.83. The highest BCUT2D eigenvalue weighted by Gasteiger charge is 2.21. The fourth-order valence-corrected chi connectivity index (χ4v) is 3.25. The highest BCUT2D eigenvalue weighted by molar-refractivity contribution is 7.09. The molecule has 0 fully saturated rings. The van der Waals surface area contributed by atoms with Crippen LogP contribution in [0.15, 0.2) is 11.6 Å². The Hall–Kier alpha value is -1.69. The van der Waals surface area contributed by atoms with E-state index in [0.29, 0.717) is 6.42 Å². The van der Waals surface area contributed by atoms with Crippen LogP contribution in [-0.2, 0) is 24.2 Å². The molecule has 3 rings (SSSR count). The average molecular weight is 290 g/mol. The zero-order valence-corrected chi connectivity index (χ0v) is 12.5. The van der Waals surface area contributed by atoms with Crippen LogP contribution in [0.4, 0.5) is 0 Å². The van der Waals surface area contributed by atoms with Gasteiger partial charge >= 0.3 is 0 Å². The predicted octanol–water partition coefficient (Wildman–Crippen LogP) is 1.63. The molecule has 1 aliphatic heterocycles. The van der Waals surface area contributed by atoms with Crippen molar-refractivity contribution in [3.8, 4) is 0 Å². The molecule has 0 unspecified atom stereocenters. The fourth-order valence-electron chi connectivity index (χ4n) is 2.64. The Morgan fingerprint density at radius 2 is 2.35 bits per heavy atom. The summed E-state index contributed by atoms with van der Waals surface area (Å²) in [6, 6.07) is 0.198. The number of hydrogen-bond acceptors (Lipinski definition) is 4. The Balaban J connectivity index is 1.57. The summed E-state index contributed by atoms with van der Waals surface area (Å²) >= 11 is 1.58. The van der Waals surface area contributed by atoms with Gasteiger partial charge in [-0.2, -0.15) is 0 Å². The van der Waals surface area contributed by atoms with Crippen LogP contribution in [0.3, 0.4) is 0 Å². The number of thiazole rings is 1. The first-order chi connectivity index (χ1) is 9.60. The van der Waals surface area contributed by atoms with Gasteiger partial charge in [-0.25, -0.2) is 9.97 Å². The van der Waals surface area contributed by atoms with Crippen molar-refractivity contribution in [1.82, 2.24) is 19.9 Å². The molecule has 0 saturated carbocycles. The van der Waals surface area contributed by atoms with Crippen molar-refractivity contribution >= 4 is 17.2 Å². The molecule has 0 bridgehead atoms. The number of nitrogens with one attached hydrogen (secondary N) is 1. The number of amides is 1. The van der Waals surface area contributed by atoms with E-state index in [-0.39, 0.29) is 11.9 Å². The zero-order chi connectivity index (χ0) is 14.1. The summed E-state index contributed by atoms with van der Waals surface area (Å²) in [5, 5.41) is 6.06. The molecule has 2 aromatic rings. The Bertz CT molecular complexity index is 631. The van der Waals surface area contributed by atoms with E-state index in [1.807, 2.05) is 19.2 Å². The summed E-state index contributed by atoms with van der Waals surface area (Å²) in [7, 11) is 0. The van der Waals surface area contributed by atoms with Crippen molar-refractivity contribution in [2.45, 2.75) is 45.7 Å². The first-order valence-corrected chi connectivity index (χ1v) is 7.71. The maximum Gasteiger partial charge on any atom is 0.226 e. The number of carbonyl (C=O) groups is 1. The van der Waals surface area contributed by atoms with Crippen LogP contribution in [0, 0.1) is 13.8 Å². The molecule has 2 aromatic heterocycles. The van der Waals surface area contributed by atoms with Gasteiger partial charge < -0.3 is 9.88 Å². The molecule has 0 radical (unpaired) electrons. The summed E-state index contributed by atoms with van der Waals surface area (Å²) in [6.07, 6.45) is 4.31. The number of aryl methyl sites for hydroxylation is 3. The second kappa shape index (κ2) is 5.36. The maximum atomic E-state index is 12.0. The zero-order valence-electron chi connectivity index (χ0n) is 11.7. The summed E-state index contributed by atoms with van der Waals surface area (Å²) in [5.41, 5.74) is 1.91. The molecule has 0 aliphatic carbocycles. The molecule has 0 spiro atoms. The quantitative estimate of drug-likeness (QED) is 0.934. The minimum Gasteiger partial charge on any atom is -0.351 e. The minimum absolute atomic E-state index is 0.0561. The summed E-state index contributed by atoms with van der Waals surface area (Å²) < 4.78 is 2.15. The Kier molecular flexibility index (Phi) is 3.56. The predicted molar refractivity (Wildman–Crippen MR) is 77.8 cm³/mol. The van der Waals surface area contributed by atoms with Gasteiger partial charge in [-0.15, -0.1) is 11.3 Å². The average Bonchev–Trinajstić information content (AvgIpc) is 2.93. The topological polar surface area (TPSA) is 59.8 Å². The SMILES string of the molecule is Cc1cn2c(n1)CC[C@@H](NC(=O)Cc1csc(C)n1)C2. The number of rotatable bonds is 3. The van der Waals surface area contributed by atoms with E-state index in [0.717, 1.165) is 41.6 Å². The van der Waals surface area contributed by atoms with Gasteiger partial charge in [-0.3, -0.25) is 4.79 Å². The molecule has 1 amide bonds. The molecule has 6 heteroatoms. The van der Waals surface area contributed by atoms with Gasteiger partial charge in [0.05, 0.1) is 22.8 Å². The lowest BCUT2D eigenvalue weighted by molar-refractivity contribution is -0.121. The number of carbonyl (C=O) groups excluding carboxylic acids is 1. The summed E-state index contributed by atoms with van der Waals surface area (Å²) in [6.45, 7) is 4.78. The molecule has 3 heterocycles. The largest absolute Gasteiger partial charge is 0.351 e. The van der Waals surface area contributed by atoms with Gasteiger partial charge in [0.25, 0.3) is 0 Å². The highest BCUT2D eigenvalue weighted by Crippen LogP contribution is 2.15. The minimum atomic E-state index is 0.0561. The van der Waals surface area contributed by atoms with E-state index in [1.165, 1.54) is 0 Å². The second-order valence-electron chi connectivity index (χ2n) is 5.29. The normalized spacial score (nSPS) is 17.8. The van der Waals surface area contributed by atoms with Crippen molar-refractivity contribution in [3.05, 3.63) is 33.8 Å². The third-order valence-corrected chi connectivity index (χ3v) is 4.31. The molecule has 5 nitrogen and oxygen atoms in total. The van der Waals surface area contributed by atoms with E-state index < -0.39 is 0 Å². The third-order valence-electron chi connectivity index (χ3n) is 3.49. The molecular formula is C14H18N4OS. The van der Waals surface area contributed by atoms with Crippen LogP contribution < -0.4 is 5.32 Å². The van der Waals surface area contributed by atoms with E-state index in [4.69, 9.17) is 0 Å². The second-order valence-corrected chi connectivity index (χ2v) is 6.35. The summed E-state index contributed by atoms with van der Waals surface area (Å²) in [5.74, 6) is 1.18. The number of hydrogen-bond donors (Lipinski definition) is 1. The molecule has 0 saturated heterocycles. The van der Waals surface area contributed by atoms with Crippen LogP contribution in [0.2, 0.25) is 0 Å². The molecular weight excluding hydrogens is 272 g/mol. The monoisotopic (exact) mass is 290 g/mol. The lowest BCUT2D eigenvalue weighted by atomic mass is 10.1. The van der Waals surface area contributed by atoms with Crippen molar-refractivity contribution in [1.29, 1.82) is 0 Å². The molecule has 0 aromatic carbocycles. The van der Waals surface area contributed by atoms with Crippen LogP contribution in [0.25, 0.3) is 0 Å². The maximum absolute atomic E-state index is 12.0. The van der Waals surface area contributed by atoms with Crippen LogP contribution in [0.5, 0.6) is 0 Å². The van der Waals surface area contributed by atoms with Crippen molar-refractivity contribution in [2.24, 2.45) is 0 Å². The number of aromatic nitrogens is 3.